The van der Waals surface area contributed by atoms with E-state index in [2.05, 4.69) is 4.74 Å². The highest BCUT2D eigenvalue weighted by atomic mass is 19.3. The van der Waals surface area contributed by atoms with Crippen LogP contribution in [0, 0.1) is 0 Å². The maximum absolute atomic E-state index is 14.0. The van der Waals surface area contributed by atoms with E-state index in [1.165, 1.54) is 32.2 Å². The number of benzene rings is 1. The summed E-state index contributed by atoms with van der Waals surface area (Å²) in [6, 6.07) is 5.73. The minimum absolute atomic E-state index is 0.0662. The van der Waals surface area contributed by atoms with Gasteiger partial charge in [0.2, 0.25) is 0 Å². The SMILES string of the molecule is CCOC(=O)C(F)(F)[C@@](C)(O)c1ccccc1OC. The molecule has 1 aromatic rings. The number of hydrogen-bond acceptors (Lipinski definition) is 4. The largest absolute Gasteiger partial charge is 0.496 e. The zero-order valence-corrected chi connectivity index (χ0v) is 10.9. The first-order valence-corrected chi connectivity index (χ1v) is 5.70. The highest BCUT2D eigenvalue weighted by molar-refractivity contribution is 5.79. The van der Waals surface area contributed by atoms with Gasteiger partial charge in [-0.3, -0.25) is 0 Å². The minimum Gasteiger partial charge on any atom is -0.496 e. The van der Waals surface area contributed by atoms with Crippen molar-refractivity contribution in [3.05, 3.63) is 29.8 Å². The number of ether oxygens (including phenoxy) is 2. The van der Waals surface area contributed by atoms with Gasteiger partial charge in [0.1, 0.15) is 5.75 Å². The van der Waals surface area contributed by atoms with Crippen molar-refractivity contribution in [1.29, 1.82) is 0 Å². The van der Waals surface area contributed by atoms with Gasteiger partial charge in [-0.2, -0.15) is 8.78 Å². The smallest absolute Gasteiger partial charge is 0.380 e. The van der Waals surface area contributed by atoms with Crippen LogP contribution >= 0.6 is 0 Å². The number of carbonyl (C=O) groups is 1. The Morgan fingerprint density at radius 1 is 1.37 bits per heavy atom. The van der Waals surface area contributed by atoms with E-state index in [0.29, 0.717) is 0 Å². The maximum atomic E-state index is 14.0. The fourth-order valence-electron chi connectivity index (χ4n) is 1.64. The zero-order valence-electron chi connectivity index (χ0n) is 10.9. The molecule has 0 heterocycles. The quantitative estimate of drug-likeness (QED) is 0.835. The fourth-order valence-corrected chi connectivity index (χ4v) is 1.64. The molecule has 1 aromatic carbocycles. The summed E-state index contributed by atoms with van der Waals surface area (Å²) < 4.78 is 37.2. The fraction of sp³-hybridized carbons (Fsp3) is 0.462. The molecule has 0 aliphatic carbocycles. The van der Waals surface area contributed by atoms with Crippen molar-refractivity contribution >= 4 is 5.97 Å². The van der Waals surface area contributed by atoms with E-state index < -0.39 is 17.5 Å². The summed E-state index contributed by atoms with van der Waals surface area (Å²) in [5.41, 5.74) is -2.91. The topological polar surface area (TPSA) is 55.8 Å². The predicted octanol–water partition coefficient (Wildman–Crippen LogP) is 2.10. The number of carbonyl (C=O) groups excluding carboxylic acids is 1. The van der Waals surface area contributed by atoms with Crippen LogP contribution in [0.2, 0.25) is 0 Å². The van der Waals surface area contributed by atoms with Crippen LogP contribution < -0.4 is 4.74 Å². The molecule has 1 N–H and O–H groups in total. The van der Waals surface area contributed by atoms with Crippen molar-refractivity contribution < 1.29 is 28.2 Å². The Kier molecular flexibility index (Phi) is 4.47. The number of halogens is 2. The molecule has 0 aliphatic heterocycles. The predicted molar refractivity (Wildman–Crippen MR) is 64.1 cm³/mol. The number of para-hydroxylation sites is 1. The summed E-state index contributed by atoms with van der Waals surface area (Å²) in [4.78, 5) is 11.3. The molecular weight excluding hydrogens is 258 g/mol. The van der Waals surface area contributed by atoms with E-state index in [1.807, 2.05) is 0 Å². The number of aliphatic hydroxyl groups is 1. The lowest BCUT2D eigenvalue weighted by Gasteiger charge is -2.31. The second kappa shape index (κ2) is 5.52. The molecule has 0 amide bonds. The second-order valence-electron chi connectivity index (χ2n) is 4.07. The van der Waals surface area contributed by atoms with Gasteiger partial charge in [0.25, 0.3) is 0 Å². The van der Waals surface area contributed by atoms with Crippen molar-refractivity contribution in [1.82, 2.24) is 0 Å². The van der Waals surface area contributed by atoms with E-state index in [4.69, 9.17) is 4.74 Å². The number of esters is 1. The number of hydrogen-bond donors (Lipinski definition) is 1. The van der Waals surface area contributed by atoms with Crippen molar-refractivity contribution in [3.8, 4) is 5.75 Å². The molecule has 4 nitrogen and oxygen atoms in total. The van der Waals surface area contributed by atoms with E-state index in [1.54, 1.807) is 6.07 Å². The molecule has 1 atom stereocenters. The first-order chi connectivity index (χ1) is 8.79. The lowest BCUT2D eigenvalue weighted by atomic mass is 9.88. The molecular formula is C13H16F2O4. The Balaban J connectivity index is 3.25. The summed E-state index contributed by atoms with van der Waals surface area (Å²) in [7, 11) is 1.29. The molecule has 6 heteroatoms. The highest BCUT2D eigenvalue weighted by Gasteiger charge is 2.58. The summed E-state index contributed by atoms with van der Waals surface area (Å²) in [5.74, 6) is -5.79. The van der Waals surface area contributed by atoms with E-state index >= 15 is 0 Å². The van der Waals surface area contributed by atoms with Crippen LogP contribution in [-0.2, 0) is 15.1 Å². The monoisotopic (exact) mass is 274 g/mol. The molecule has 0 fully saturated rings. The maximum Gasteiger partial charge on any atom is 0.380 e. The molecule has 106 valence electrons. The van der Waals surface area contributed by atoms with Crippen LogP contribution in [0.3, 0.4) is 0 Å². The molecule has 19 heavy (non-hydrogen) atoms. The Morgan fingerprint density at radius 3 is 2.47 bits per heavy atom. The van der Waals surface area contributed by atoms with Crippen LogP contribution in [0.5, 0.6) is 5.75 Å². The van der Waals surface area contributed by atoms with Crippen molar-refractivity contribution in [2.75, 3.05) is 13.7 Å². The number of alkyl halides is 2. The molecule has 0 spiro atoms. The average molecular weight is 274 g/mol. The standard InChI is InChI=1S/C13H16F2O4/c1-4-19-11(16)13(14,15)12(2,17)9-7-5-6-8-10(9)18-3/h5-8,17H,4H2,1-3H3/t12-/m0/s1. The Bertz CT molecular complexity index is 458. The van der Waals surface area contributed by atoms with Crippen molar-refractivity contribution in [3.63, 3.8) is 0 Å². The van der Waals surface area contributed by atoms with Gasteiger partial charge in [0.15, 0.2) is 5.60 Å². The van der Waals surface area contributed by atoms with Crippen molar-refractivity contribution in [2.45, 2.75) is 25.4 Å². The summed E-state index contributed by atoms with van der Waals surface area (Å²) in [6.07, 6.45) is 0. The van der Waals surface area contributed by atoms with E-state index in [-0.39, 0.29) is 17.9 Å². The van der Waals surface area contributed by atoms with E-state index in [9.17, 15) is 18.7 Å². The highest BCUT2D eigenvalue weighted by Crippen LogP contribution is 2.42. The molecule has 0 saturated heterocycles. The number of rotatable bonds is 5. The van der Waals surface area contributed by atoms with Crippen LogP contribution in [0.1, 0.15) is 19.4 Å². The normalized spacial score (nSPS) is 14.6. The molecule has 0 aliphatic rings. The second-order valence-corrected chi connectivity index (χ2v) is 4.07. The van der Waals surface area contributed by atoms with Crippen LogP contribution in [-0.4, -0.2) is 30.7 Å². The number of methoxy groups -OCH3 is 1. The van der Waals surface area contributed by atoms with Crippen LogP contribution in [0.25, 0.3) is 0 Å². The first-order valence-electron chi connectivity index (χ1n) is 5.70. The first kappa shape index (κ1) is 15.4. The third-order valence-corrected chi connectivity index (χ3v) is 2.77. The van der Waals surface area contributed by atoms with Gasteiger partial charge in [0, 0.05) is 5.56 Å². The molecule has 0 radical (unpaired) electrons. The van der Waals surface area contributed by atoms with Gasteiger partial charge in [-0.25, -0.2) is 4.79 Å². The Labute approximate surface area is 109 Å². The lowest BCUT2D eigenvalue weighted by molar-refractivity contribution is -0.212. The minimum atomic E-state index is -4.09. The van der Waals surface area contributed by atoms with Crippen LogP contribution in [0.4, 0.5) is 8.78 Å². The summed E-state index contributed by atoms with van der Waals surface area (Å²) >= 11 is 0. The van der Waals surface area contributed by atoms with E-state index in [0.717, 1.165) is 6.92 Å². The molecule has 0 saturated carbocycles. The Hall–Kier alpha value is -1.69. The van der Waals surface area contributed by atoms with Crippen LogP contribution in [0.15, 0.2) is 24.3 Å². The molecule has 1 rings (SSSR count). The lowest BCUT2D eigenvalue weighted by Crippen LogP contribution is -2.49. The summed E-state index contributed by atoms with van der Waals surface area (Å²) in [6.45, 7) is 2.06. The van der Waals surface area contributed by atoms with Gasteiger partial charge in [0.05, 0.1) is 13.7 Å². The zero-order chi connectivity index (χ0) is 14.7. The van der Waals surface area contributed by atoms with Gasteiger partial charge < -0.3 is 14.6 Å². The summed E-state index contributed by atoms with van der Waals surface area (Å²) in [5, 5.41) is 10.1. The Morgan fingerprint density at radius 2 is 1.95 bits per heavy atom. The third kappa shape index (κ3) is 2.68. The van der Waals surface area contributed by atoms with Gasteiger partial charge in [-0.1, -0.05) is 18.2 Å². The van der Waals surface area contributed by atoms with Gasteiger partial charge >= 0.3 is 11.9 Å². The molecule has 0 bridgehead atoms. The van der Waals surface area contributed by atoms with Gasteiger partial charge in [-0.05, 0) is 19.9 Å². The van der Waals surface area contributed by atoms with Gasteiger partial charge in [-0.15, -0.1) is 0 Å². The van der Waals surface area contributed by atoms with Crippen molar-refractivity contribution in [2.24, 2.45) is 0 Å². The average Bonchev–Trinajstić information content (AvgIpc) is 2.38. The third-order valence-electron chi connectivity index (χ3n) is 2.77. The molecule has 0 aromatic heterocycles. The molecule has 0 unspecified atom stereocenters.